The second-order valence-electron chi connectivity index (χ2n) is 5.73. The van der Waals surface area contributed by atoms with Gasteiger partial charge in [0.25, 0.3) is 5.91 Å². The van der Waals surface area contributed by atoms with Gasteiger partial charge in [-0.15, -0.1) is 23.7 Å². The Kier molecular flexibility index (Phi) is 7.09. The molecule has 0 saturated carbocycles. The van der Waals surface area contributed by atoms with Gasteiger partial charge >= 0.3 is 0 Å². The van der Waals surface area contributed by atoms with Crippen LogP contribution in [0.5, 0.6) is 5.75 Å². The summed E-state index contributed by atoms with van der Waals surface area (Å²) in [6.45, 7) is 7.05. The zero-order chi connectivity index (χ0) is 16.1. The van der Waals surface area contributed by atoms with Crippen molar-refractivity contribution in [2.75, 3.05) is 39.3 Å². The minimum absolute atomic E-state index is 0. The first-order valence-corrected chi connectivity index (χ1v) is 8.85. The van der Waals surface area contributed by atoms with Crippen LogP contribution in [0.1, 0.15) is 15.2 Å². The lowest BCUT2D eigenvalue weighted by atomic mass is 10.2. The van der Waals surface area contributed by atoms with Crippen LogP contribution in [0.15, 0.2) is 41.8 Å². The fraction of sp³-hybridized carbons (Fsp3) is 0.389. The van der Waals surface area contributed by atoms with E-state index in [1.54, 1.807) is 0 Å². The molecule has 1 aromatic heterocycles. The molecule has 1 aromatic carbocycles. The summed E-state index contributed by atoms with van der Waals surface area (Å²) in [6, 6.07) is 11.9. The van der Waals surface area contributed by atoms with Crippen molar-refractivity contribution in [3.63, 3.8) is 0 Å². The molecule has 24 heavy (non-hydrogen) atoms. The van der Waals surface area contributed by atoms with E-state index in [2.05, 4.69) is 17.9 Å². The molecule has 4 nitrogen and oxygen atoms in total. The van der Waals surface area contributed by atoms with E-state index < -0.39 is 0 Å². The first kappa shape index (κ1) is 18.8. The van der Waals surface area contributed by atoms with Crippen molar-refractivity contribution in [2.24, 2.45) is 0 Å². The number of hydrogen-bond acceptors (Lipinski definition) is 4. The number of amides is 1. The van der Waals surface area contributed by atoms with Gasteiger partial charge in [-0.05, 0) is 30.0 Å². The molecule has 0 aliphatic carbocycles. The van der Waals surface area contributed by atoms with E-state index in [0.29, 0.717) is 6.61 Å². The van der Waals surface area contributed by atoms with Gasteiger partial charge in [0.1, 0.15) is 12.4 Å². The van der Waals surface area contributed by atoms with E-state index in [-0.39, 0.29) is 18.3 Å². The van der Waals surface area contributed by atoms with Crippen LogP contribution < -0.4 is 4.74 Å². The summed E-state index contributed by atoms with van der Waals surface area (Å²) in [4.78, 5) is 17.4. The second kappa shape index (κ2) is 9.06. The molecule has 2 aromatic rings. The van der Waals surface area contributed by atoms with E-state index in [0.717, 1.165) is 43.4 Å². The summed E-state index contributed by atoms with van der Waals surface area (Å²) < 4.78 is 5.85. The lowest BCUT2D eigenvalue weighted by Gasteiger charge is -2.34. The maximum absolute atomic E-state index is 12.3. The van der Waals surface area contributed by atoms with Crippen LogP contribution in [0.25, 0.3) is 0 Å². The van der Waals surface area contributed by atoms with Gasteiger partial charge in [0, 0.05) is 32.7 Å². The largest absolute Gasteiger partial charge is 0.492 e. The number of rotatable bonds is 5. The monoisotopic (exact) mass is 366 g/mol. The molecule has 0 unspecified atom stereocenters. The van der Waals surface area contributed by atoms with Crippen LogP contribution in [-0.4, -0.2) is 55.0 Å². The summed E-state index contributed by atoms with van der Waals surface area (Å²) in [5.41, 5.74) is 1.17. The molecule has 0 N–H and O–H groups in total. The van der Waals surface area contributed by atoms with Crippen LogP contribution in [0, 0.1) is 6.92 Å². The van der Waals surface area contributed by atoms with E-state index in [4.69, 9.17) is 4.74 Å². The summed E-state index contributed by atoms with van der Waals surface area (Å²) in [7, 11) is 0. The first-order valence-electron chi connectivity index (χ1n) is 7.97. The normalized spacial score (nSPS) is 15.0. The molecule has 1 fully saturated rings. The van der Waals surface area contributed by atoms with E-state index in [9.17, 15) is 4.79 Å². The lowest BCUT2D eigenvalue weighted by Crippen LogP contribution is -2.49. The van der Waals surface area contributed by atoms with Crippen molar-refractivity contribution in [1.82, 2.24) is 9.80 Å². The molecule has 1 amide bonds. The van der Waals surface area contributed by atoms with Crippen LogP contribution in [-0.2, 0) is 0 Å². The zero-order valence-corrected chi connectivity index (χ0v) is 15.4. The van der Waals surface area contributed by atoms with E-state index >= 15 is 0 Å². The predicted molar refractivity (Wildman–Crippen MR) is 101 cm³/mol. The third-order valence-electron chi connectivity index (χ3n) is 4.15. The molecule has 6 heteroatoms. The maximum Gasteiger partial charge on any atom is 0.264 e. The second-order valence-corrected chi connectivity index (χ2v) is 6.67. The molecule has 1 saturated heterocycles. The number of halogens is 1. The number of carbonyl (C=O) groups excluding carboxylic acids is 1. The number of hydrogen-bond donors (Lipinski definition) is 0. The fourth-order valence-corrected chi connectivity index (χ4v) is 3.42. The van der Waals surface area contributed by atoms with Crippen LogP contribution in [0.4, 0.5) is 0 Å². The first-order chi connectivity index (χ1) is 11.2. The van der Waals surface area contributed by atoms with Crippen molar-refractivity contribution in [2.45, 2.75) is 6.92 Å². The van der Waals surface area contributed by atoms with Gasteiger partial charge in [-0.1, -0.05) is 24.3 Å². The molecule has 1 aliphatic heterocycles. The maximum atomic E-state index is 12.3. The summed E-state index contributed by atoms with van der Waals surface area (Å²) in [6.07, 6.45) is 0. The average Bonchev–Trinajstić information content (AvgIpc) is 3.11. The molecule has 0 spiro atoms. The highest BCUT2D eigenvalue weighted by molar-refractivity contribution is 7.12. The molecule has 0 radical (unpaired) electrons. The minimum atomic E-state index is 0. The smallest absolute Gasteiger partial charge is 0.264 e. The van der Waals surface area contributed by atoms with Crippen molar-refractivity contribution in [1.29, 1.82) is 0 Å². The zero-order valence-electron chi connectivity index (χ0n) is 13.8. The summed E-state index contributed by atoms with van der Waals surface area (Å²) >= 11 is 1.51. The van der Waals surface area contributed by atoms with Gasteiger partial charge in [0.15, 0.2) is 0 Å². The molecule has 0 atom stereocenters. The quantitative estimate of drug-likeness (QED) is 0.813. The Balaban J connectivity index is 0.00000208. The molecule has 130 valence electrons. The standard InChI is InChI=1S/C18H22N2O2S.ClH/c1-15-5-2-3-6-16(15)22-13-12-19-8-10-20(11-9-19)18(21)17-7-4-14-23-17;/h2-7,14H,8-13H2,1H3;1H. The fourth-order valence-electron chi connectivity index (χ4n) is 2.73. The topological polar surface area (TPSA) is 32.8 Å². The number of piperazine rings is 1. The van der Waals surface area contributed by atoms with Crippen LogP contribution in [0.2, 0.25) is 0 Å². The van der Waals surface area contributed by atoms with Gasteiger partial charge in [-0.3, -0.25) is 9.69 Å². The minimum Gasteiger partial charge on any atom is -0.492 e. The van der Waals surface area contributed by atoms with Crippen LogP contribution in [0.3, 0.4) is 0 Å². The molecular weight excluding hydrogens is 344 g/mol. The average molecular weight is 367 g/mol. The third-order valence-corrected chi connectivity index (χ3v) is 5.01. The Bertz CT molecular complexity index is 640. The van der Waals surface area contributed by atoms with Gasteiger partial charge in [-0.2, -0.15) is 0 Å². The van der Waals surface area contributed by atoms with Gasteiger partial charge in [0.2, 0.25) is 0 Å². The van der Waals surface area contributed by atoms with E-state index in [1.165, 1.54) is 16.9 Å². The Labute approximate surface area is 153 Å². The molecule has 1 aliphatic rings. The highest BCUT2D eigenvalue weighted by atomic mass is 35.5. The highest BCUT2D eigenvalue weighted by Crippen LogP contribution is 2.16. The van der Waals surface area contributed by atoms with Gasteiger partial charge < -0.3 is 9.64 Å². The van der Waals surface area contributed by atoms with Gasteiger partial charge in [-0.25, -0.2) is 0 Å². The summed E-state index contributed by atoms with van der Waals surface area (Å²) in [5, 5.41) is 1.95. The van der Waals surface area contributed by atoms with Crippen molar-refractivity contribution >= 4 is 29.7 Å². The predicted octanol–water partition coefficient (Wildman–Crippen LogP) is 3.32. The Morgan fingerprint density at radius 3 is 2.54 bits per heavy atom. The Hall–Kier alpha value is -1.56. The number of para-hydroxylation sites is 1. The third kappa shape index (κ3) is 4.72. The van der Waals surface area contributed by atoms with Crippen molar-refractivity contribution in [3.05, 3.63) is 52.2 Å². The molecule has 2 heterocycles. The van der Waals surface area contributed by atoms with Gasteiger partial charge in [0.05, 0.1) is 4.88 Å². The number of ether oxygens (including phenoxy) is 1. The number of benzene rings is 1. The Morgan fingerprint density at radius 2 is 1.88 bits per heavy atom. The Morgan fingerprint density at radius 1 is 1.12 bits per heavy atom. The highest BCUT2D eigenvalue weighted by Gasteiger charge is 2.22. The number of carbonyl (C=O) groups is 1. The SMILES string of the molecule is Cc1ccccc1OCCN1CCN(C(=O)c2cccs2)CC1.Cl. The van der Waals surface area contributed by atoms with Crippen molar-refractivity contribution in [3.8, 4) is 5.75 Å². The summed E-state index contributed by atoms with van der Waals surface area (Å²) in [5.74, 6) is 1.12. The molecule has 0 bridgehead atoms. The van der Waals surface area contributed by atoms with Crippen LogP contribution >= 0.6 is 23.7 Å². The molecular formula is C18H23ClN2O2S. The van der Waals surface area contributed by atoms with Crippen molar-refractivity contribution < 1.29 is 9.53 Å². The number of aryl methyl sites for hydroxylation is 1. The van der Waals surface area contributed by atoms with E-state index in [1.807, 2.05) is 40.6 Å². The number of thiophene rings is 1. The lowest BCUT2D eigenvalue weighted by molar-refractivity contribution is 0.0625. The molecule has 3 rings (SSSR count). The number of nitrogens with zero attached hydrogens (tertiary/aromatic N) is 2.